The number of hydrogen-bond acceptors (Lipinski definition) is 6. The van der Waals surface area contributed by atoms with Gasteiger partial charge in [0, 0.05) is 31.8 Å². The molecular weight excluding hydrogens is 372 g/mol. The summed E-state index contributed by atoms with van der Waals surface area (Å²) in [7, 11) is 3.44. The number of nitrogens with zero attached hydrogens (tertiary/aromatic N) is 2. The van der Waals surface area contributed by atoms with Crippen molar-refractivity contribution in [2.24, 2.45) is 4.99 Å². The van der Waals surface area contributed by atoms with Crippen LogP contribution in [-0.2, 0) is 0 Å². The zero-order valence-corrected chi connectivity index (χ0v) is 15.9. The predicted octanol–water partition coefficient (Wildman–Crippen LogP) is 2.85. The maximum absolute atomic E-state index is 12.1. The first kappa shape index (κ1) is 18.4. The Labute approximate surface area is 161 Å². The van der Waals surface area contributed by atoms with Gasteiger partial charge in [0.2, 0.25) is 0 Å². The SMILES string of the molecule is CN(C)C(=O)c1cccc(N=C2NSNC2Nc2cccc(Cl)c2N)c1. The molecule has 1 saturated heterocycles. The van der Waals surface area contributed by atoms with Crippen molar-refractivity contribution < 1.29 is 4.79 Å². The molecule has 2 aromatic rings. The van der Waals surface area contributed by atoms with Crippen molar-refractivity contribution in [3.63, 3.8) is 0 Å². The van der Waals surface area contributed by atoms with Crippen LogP contribution in [0.1, 0.15) is 10.4 Å². The summed E-state index contributed by atoms with van der Waals surface area (Å²) in [6, 6.07) is 12.6. The maximum Gasteiger partial charge on any atom is 0.253 e. The minimum Gasteiger partial charge on any atom is -0.396 e. The van der Waals surface area contributed by atoms with E-state index in [1.165, 1.54) is 17.0 Å². The largest absolute Gasteiger partial charge is 0.396 e. The van der Waals surface area contributed by atoms with E-state index in [1.807, 2.05) is 24.3 Å². The van der Waals surface area contributed by atoms with Crippen LogP contribution in [0, 0.1) is 0 Å². The normalized spacial score (nSPS) is 17.8. The number of amides is 1. The fourth-order valence-corrected chi connectivity index (χ4v) is 3.15. The van der Waals surface area contributed by atoms with Crippen molar-refractivity contribution in [1.82, 2.24) is 14.3 Å². The van der Waals surface area contributed by atoms with Crippen LogP contribution in [0.3, 0.4) is 0 Å². The van der Waals surface area contributed by atoms with Gasteiger partial charge in [0.25, 0.3) is 5.91 Å². The molecule has 26 heavy (non-hydrogen) atoms. The lowest BCUT2D eigenvalue weighted by Crippen LogP contribution is -2.36. The minimum atomic E-state index is -0.283. The quantitative estimate of drug-likeness (QED) is 0.473. The van der Waals surface area contributed by atoms with Gasteiger partial charge in [-0.2, -0.15) is 0 Å². The summed E-state index contributed by atoms with van der Waals surface area (Å²) in [5.41, 5.74) is 8.46. The first-order chi connectivity index (χ1) is 12.5. The summed E-state index contributed by atoms with van der Waals surface area (Å²) in [6.07, 6.45) is -0.283. The lowest BCUT2D eigenvalue weighted by atomic mass is 10.2. The summed E-state index contributed by atoms with van der Waals surface area (Å²) in [6.45, 7) is 0. The number of hydrogen-bond donors (Lipinski definition) is 4. The molecule has 0 aliphatic carbocycles. The molecule has 136 valence electrons. The monoisotopic (exact) mass is 390 g/mol. The first-order valence-electron chi connectivity index (χ1n) is 7.84. The van der Waals surface area contributed by atoms with E-state index >= 15 is 0 Å². The van der Waals surface area contributed by atoms with Crippen LogP contribution < -0.4 is 20.5 Å². The summed E-state index contributed by atoms with van der Waals surface area (Å²) in [5, 5.41) is 3.75. The summed E-state index contributed by atoms with van der Waals surface area (Å²) >= 11 is 7.38. The number of aliphatic imine (C=N–C) groups is 1. The first-order valence-corrected chi connectivity index (χ1v) is 9.03. The Morgan fingerprint density at radius 3 is 2.85 bits per heavy atom. The summed E-state index contributed by atoms with van der Waals surface area (Å²) < 4.78 is 6.27. The zero-order valence-electron chi connectivity index (χ0n) is 14.3. The van der Waals surface area contributed by atoms with Crippen molar-refractivity contribution in [2.75, 3.05) is 25.1 Å². The Balaban J connectivity index is 1.83. The molecule has 1 aliphatic rings. The van der Waals surface area contributed by atoms with Gasteiger partial charge >= 0.3 is 0 Å². The maximum atomic E-state index is 12.1. The molecule has 1 aliphatic heterocycles. The minimum absolute atomic E-state index is 0.0692. The van der Waals surface area contributed by atoms with Crippen molar-refractivity contribution in [2.45, 2.75) is 6.17 Å². The average molecular weight is 391 g/mol. The van der Waals surface area contributed by atoms with E-state index in [1.54, 1.807) is 32.3 Å². The number of carbonyl (C=O) groups is 1. The molecule has 0 bridgehead atoms. The second-order valence-electron chi connectivity index (χ2n) is 5.85. The average Bonchev–Trinajstić information content (AvgIpc) is 3.05. The molecule has 1 amide bonds. The standard InChI is InChI=1S/C17H19ClN6OS/c1-24(2)17(25)10-5-3-6-11(9-10)20-15-16(23-26-22-15)21-13-8-4-7-12(18)14(13)19/h3-9,16,21,23H,19H2,1-2H3,(H,20,22). The molecular formula is C17H19ClN6OS. The van der Waals surface area contributed by atoms with Crippen LogP contribution in [0.25, 0.3) is 0 Å². The summed E-state index contributed by atoms with van der Waals surface area (Å²) in [5.74, 6) is 0.601. The van der Waals surface area contributed by atoms with Gasteiger partial charge in [-0.05, 0) is 30.3 Å². The van der Waals surface area contributed by atoms with Crippen LogP contribution in [0.4, 0.5) is 17.1 Å². The Kier molecular flexibility index (Phi) is 5.55. The Morgan fingerprint density at radius 2 is 2.08 bits per heavy atom. The van der Waals surface area contributed by atoms with Gasteiger partial charge in [0.05, 0.1) is 22.1 Å². The van der Waals surface area contributed by atoms with Crippen molar-refractivity contribution in [3.05, 3.63) is 53.1 Å². The molecule has 9 heteroatoms. The van der Waals surface area contributed by atoms with Gasteiger partial charge in [-0.1, -0.05) is 23.7 Å². The highest BCUT2D eigenvalue weighted by atomic mass is 35.5. The highest BCUT2D eigenvalue weighted by molar-refractivity contribution is 7.96. The molecule has 5 N–H and O–H groups in total. The van der Waals surface area contributed by atoms with Crippen molar-refractivity contribution in [3.8, 4) is 0 Å². The third-order valence-corrected chi connectivity index (χ3v) is 4.70. The van der Waals surface area contributed by atoms with Gasteiger partial charge in [0.15, 0.2) is 5.84 Å². The number of nitrogens with one attached hydrogen (secondary N) is 3. The lowest BCUT2D eigenvalue weighted by molar-refractivity contribution is 0.0827. The van der Waals surface area contributed by atoms with Crippen LogP contribution in [-0.4, -0.2) is 36.9 Å². The highest BCUT2D eigenvalue weighted by Gasteiger charge is 2.23. The molecule has 0 aromatic heterocycles. The lowest BCUT2D eigenvalue weighted by Gasteiger charge is -2.16. The van der Waals surface area contributed by atoms with Crippen molar-refractivity contribution >= 4 is 52.5 Å². The van der Waals surface area contributed by atoms with Crippen LogP contribution in [0.15, 0.2) is 47.5 Å². The van der Waals surface area contributed by atoms with Gasteiger partial charge in [-0.15, -0.1) is 0 Å². The Hall–Kier alpha value is -2.42. The molecule has 1 unspecified atom stereocenters. The molecule has 2 aromatic carbocycles. The number of nitrogen functional groups attached to an aromatic ring is 1. The number of halogens is 1. The number of benzene rings is 2. The van der Waals surface area contributed by atoms with E-state index in [0.717, 1.165) is 0 Å². The van der Waals surface area contributed by atoms with Crippen LogP contribution >= 0.6 is 23.7 Å². The van der Waals surface area contributed by atoms with Gasteiger partial charge in [0.1, 0.15) is 6.17 Å². The molecule has 0 radical (unpaired) electrons. The van der Waals surface area contributed by atoms with E-state index < -0.39 is 0 Å². The Bertz CT molecular complexity index is 857. The third kappa shape index (κ3) is 4.04. The van der Waals surface area contributed by atoms with E-state index in [-0.39, 0.29) is 12.1 Å². The smallest absolute Gasteiger partial charge is 0.253 e. The van der Waals surface area contributed by atoms with Gasteiger partial charge < -0.3 is 20.7 Å². The molecule has 7 nitrogen and oxygen atoms in total. The Morgan fingerprint density at radius 1 is 1.31 bits per heavy atom. The topological polar surface area (TPSA) is 94.8 Å². The number of carbonyl (C=O) groups excluding carboxylic acids is 1. The van der Waals surface area contributed by atoms with E-state index in [2.05, 4.69) is 19.8 Å². The number of para-hydroxylation sites is 1. The number of rotatable bonds is 4. The highest BCUT2D eigenvalue weighted by Crippen LogP contribution is 2.28. The van der Waals surface area contributed by atoms with Crippen molar-refractivity contribution in [1.29, 1.82) is 0 Å². The fraction of sp³-hybridized carbons (Fsp3) is 0.176. The van der Waals surface area contributed by atoms with E-state index in [0.29, 0.717) is 33.5 Å². The number of amidine groups is 1. The second kappa shape index (κ2) is 7.86. The third-order valence-electron chi connectivity index (χ3n) is 3.71. The number of anilines is 2. The van der Waals surface area contributed by atoms with E-state index in [9.17, 15) is 4.79 Å². The zero-order chi connectivity index (χ0) is 18.7. The number of nitrogens with two attached hydrogens (primary N) is 1. The molecule has 1 heterocycles. The van der Waals surface area contributed by atoms with Gasteiger partial charge in [-0.25, -0.2) is 9.71 Å². The van der Waals surface area contributed by atoms with E-state index in [4.69, 9.17) is 17.3 Å². The molecule has 1 fully saturated rings. The summed E-state index contributed by atoms with van der Waals surface area (Å²) in [4.78, 5) is 18.3. The second-order valence-corrected chi connectivity index (χ2v) is 6.90. The van der Waals surface area contributed by atoms with Crippen LogP contribution in [0.5, 0.6) is 0 Å². The van der Waals surface area contributed by atoms with Gasteiger partial charge in [-0.3, -0.25) is 4.79 Å². The molecule has 1 atom stereocenters. The molecule has 0 saturated carbocycles. The molecule has 3 rings (SSSR count). The fourth-order valence-electron chi connectivity index (χ4n) is 2.36. The molecule has 0 spiro atoms. The predicted molar refractivity (Wildman–Crippen MR) is 109 cm³/mol. The van der Waals surface area contributed by atoms with Crippen LogP contribution in [0.2, 0.25) is 5.02 Å².